The zero-order valence-electron chi connectivity index (χ0n) is 17.4. The Hall–Kier alpha value is -2.69. The van der Waals surface area contributed by atoms with Gasteiger partial charge in [0.1, 0.15) is 0 Å². The molecule has 0 aliphatic heterocycles. The maximum absolute atomic E-state index is 12.5. The highest BCUT2D eigenvalue weighted by Gasteiger charge is 2.17. The molecule has 4 rings (SSSR count). The van der Waals surface area contributed by atoms with Gasteiger partial charge >= 0.3 is 0 Å². The first kappa shape index (κ1) is 19.6. The van der Waals surface area contributed by atoms with E-state index in [1.807, 2.05) is 35.7 Å². The van der Waals surface area contributed by atoms with Crippen LogP contribution in [-0.4, -0.2) is 26.5 Å². The maximum Gasteiger partial charge on any atom is 0.220 e. The van der Waals surface area contributed by atoms with Crippen LogP contribution in [0.25, 0.3) is 16.9 Å². The predicted octanol–water partition coefficient (Wildman–Crippen LogP) is 4.78. The lowest BCUT2D eigenvalue weighted by Gasteiger charge is -2.17. The summed E-state index contributed by atoms with van der Waals surface area (Å²) in [5.74, 6) is 0.154. The van der Waals surface area contributed by atoms with Crippen LogP contribution in [0.2, 0.25) is 0 Å². The average molecular weight is 391 g/mol. The lowest BCUT2D eigenvalue weighted by molar-refractivity contribution is -0.121. The highest BCUT2D eigenvalue weighted by Crippen LogP contribution is 2.23. The third kappa shape index (κ3) is 4.50. The molecule has 1 aromatic carbocycles. The van der Waals surface area contributed by atoms with Gasteiger partial charge in [-0.05, 0) is 38.7 Å². The molecule has 0 saturated heterocycles. The van der Waals surface area contributed by atoms with E-state index >= 15 is 0 Å². The summed E-state index contributed by atoms with van der Waals surface area (Å²) in [5, 5.41) is 8.02. The van der Waals surface area contributed by atoms with Crippen LogP contribution in [0.15, 0.2) is 36.4 Å². The molecular formula is C24H30N4O. The Morgan fingerprint density at radius 1 is 1.10 bits per heavy atom. The fourth-order valence-electron chi connectivity index (χ4n) is 4.40. The zero-order chi connectivity index (χ0) is 20.2. The molecule has 0 spiro atoms. The molecule has 5 heteroatoms. The Kier molecular flexibility index (Phi) is 5.93. The van der Waals surface area contributed by atoms with Gasteiger partial charge in [-0.2, -0.15) is 5.10 Å². The van der Waals surface area contributed by atoms with E-state index < -0.39 is 0 Å². The number of fused-ring (bicyclic) bond motifs is 1. The molecule has 0 atom stereocenters. The number of nitrogens with zero attached hydrogens (tertiary/aromatic N) is 3. The number of benzene rings is 1. The molecule has 1 aliphatic rings. The molecule has 0 unspecified atom stereocenters. The average Bonchev–Trinajstić information content (AvgIpc) is 2.98. The van der Waals surface area contributed by atoms with Crippen LogP contribution in [0.3, 0.4) is 0 Å². The molecule has 3 aromatic rings. The first-order valence-electron chi connectivity index (χ1n) is 10.8. The normalized spacial score (nSPS) is 15.4. The summed E-state index contributed by atoms with van der Waals surface area (Å²) in [5.41, 5.74) is 6.03. The minimum atomic E-state index is 0.154. The summed E-state index contributed by atoms with van der Waals surface area (Å²) in [6.07, 6.45) is 8.48. The number of carbonyl (C=O) groups is 1. The topological polar surface area (TPSA) is 59.3 Å². The fourth-order valence-corrected chi connectivity index (χ4v) is 4.40. The van der Waals surface area contributed by atoms with Crippen molar-refractivity contribution in [1.82, 2.24) is 19.9 Å². The van der Waals surface area contributed by atoms with Crippen molar-refractivity contribution in [3.63, 3.8) is 0 Å². The van der Waals surface area contributed by atoms with Crippen molar-refractivity contribution in [3.05, 3.63) is 53.3 Å². The van der Waals surface area contributed by atoms with Gasteiger partial charge in [-0.15, -0.1) is 0 Å². The molecule has 2 heterocycles. The summed E-state index contributed by atoms with van der Waals surface area (Å²) in [6, 6.07) is 12.5. The molecule has 1 amide bonds. The molecule has 2 aromatic heterocycles. The Balaban J connectivity index is 1.49. The van der Waals surface area contributed by atoms with Crippen LogP contribution in [-0.2, 0) is 11.2 Å². The Morgan fingerprint density at radius 3 is 2.55 bits per heavy atom. The molecular weight excluding hydrogens is 360 g/mol. The lowest BCUT2D eigenvalue weighted by Crippen LogP contribution is -2.34. The standard InChI is InChI=1S/C24H30N4O/c1-17-21(14-15-24(29)26-20-12-8-3-4-9-13-20)18(2)28-23(25-17)16-22(27-28)19-10-6-5-7-11-19/h5-7,10-11,16,20H,3-4,8-9,12-15H2,1-2H3,(H,26,29). The van der Waals surface area contributed by atoms with Gasteiger partial charge in [0.15, 0.2) is 5.65 Å². The Bertz CT molecular complexity index is 985. The minimum absolute atomic E-state index is 0.154. The van der Waals surface area contributed by atoms with Crippen molar-refractivity contribution in [2.75, 3.05) is 0 Å². The van der Waals surface area contributed by atoms with Crippen LogP contribution in [0.5, 0.6) is 0 Å². The second-order valence-corrected chi connectivity index (χ2v) is 8.18. The van der Waals surface area contributed by atoms with E-state index in [9.17, 15) is 4.79 Å². The third-order valence-corrected chi connectivity index (χ3v) is 6.06. The van der Waals surface area contributed by atoms with Crippen LogP contribution in [0.1, 0.15) is 61.9 Å². The van der Waals surface area contributed by atoms with E-state index in [2.05, 4.69) is 24.4 Å². The van der Waals surface area contributed by atoms with E-state index in [0.717, 1.165) is 46.7 Å². The SMILES string of the molecule is Cc1nc2cc(-c3ccccc3)nn2c(C)c1CCC(=O)NC1CCCCCC1. The first-order valence-corrected chi connectivity index (χ1v) is 10.8. The molecule has 29 heavy (non-hydrogen) atoms. The molecule has 1 N–H and O–H groups in total. The summed E-state index contributed by atoms with van der Waals surface area (Å²) in [7, 11) is 0. The highest BCUT2D eigenvalue weighted by atomic mass is 16.1. The summed E-state index contributed by atoms with van der Waals surface area (Å²) in [6.45, 7) is 4.10. The molecule has 152 valence electrons. The first-order chi connectivity index (χ1) is 14.1. The molecule has 1 saturated carbocycles. The molecule has 1 aliphatic carbocycles. The maximum atomic E-state index is 12.5. The third-order valence-electron chi connectivity index (χ3n) is 6.06. The van der Waals surface area contributed by atoms with Gasteiger partial charge in [-0.1, -0.05) is 56.0 Å². The van der Waals surface area contributed by atoms with Gasteiger partial charge < -0.3 is 5.32 Å². The number of nitrogens with one attached hydrogen (secondary N) is 1. The Labute approximate surface area is 172 Å². The number of carbonyl (C=O) groups excluding carboxylic acids is 1. The van der Waals surface area contributed by atoms with Gasteiger partial charge in [-0.25, -0.2) is 9.50 Å². The van der Waals surface area contributed by atoms with Gasteiger partial charge in [0.2, 0.25) is 5.91 Å². The number of rotatable bonds is 5. The predicted molar refractivity (Wildman–Crippen MR) is 116 cm³/mol. The summed E-state index contributed by atoms with van der Waals surface area (Å²) < 4.78 is 1.91. The van der Waals surface area contributed by atoms with Crippen molar-refractivity contribution in [2.45, 2.75) is 71.3 Å². The quantitative estimate of drug-likeness (QED) is 0.638. The van der Waals surface area contributed by atoms with Gasteiger partial charge in [0, 0.05) is 35.5 Å². The lowest BCUT2D eigenvalue weighted by atomic mass is 10.1. The van der Waals surface area contributed by atoms with E-state index in [-0.39, 0.29) is 5.91 Å². The largest absolute Gasteiger partial charge is 0.353 e. The van der Waals surface area contributed by atoms with E-state index in [0.29, 0.717) is 18.9 Å². The van der Waals surface area contributed by atoms with Crippen molar-refractivity contribution in [1.29, 1.82) is 0 Å². The van der Waals surface area contributed by atoms with Crippen LogP contribution in [0, 0.1) is 13.8 Å². The van der Waals surface area contributed by atoms with E-state index in [4.69, 9.17) is 10.1 Å². The van der Waals surface area contributed by atoms with Gasteiger partial charge in [0.25, 0.3) is 0 Å². The second kappa shape index (κ2) is 8.76. The van der Waals surface area contributed by atoms with Crippen molar-refractivity contribution in [3.8, 4) is 11.3 Å². The van der Waals surface area contributed by atoms with Crippen LogP contribution < -0.4 is 5.32 Å². The fraction of sp³-hybridized carbons (Fsp3) is 0.458. The smallest absolute Gasteiger partial charge is 0.220 e. The zero-order valence-corrected chi connectivity index (χ0v) is 17.4. The van der Waals surface area contributed by atoms with Crippen molar-refractivity contribution < 1.29 is 4.79 Å². The molecule has 0 bridgehead atoms. The number of aromatic nitrogens is 3. The molecule has 1 fully saturated rings. The number of aryl methyl sites for hydroxylation is 2. The second-order valence-electron chi connectivity index (χ2n) is 8.18. The van der Waals surface area contributed by atoms with E-state index in [1.165, 1.54) is 25.7 Å². The van der Waals surface area contributed by atoms with Crippen molar-refractivity contribution in [2.24, 2.45) is 0 Å². The van der Waals surface area contributed by atoms with Crippen molar-refractivity contribution >= 4 is 11.6 Å². The number of hydrogen-bond donors (Lipinski definition) is 1. The Morgan fingerprint density at radius 2 is 1.83 bits per heavy atom. The summed E-state index contributed by atoms with van der Waals surface area (Å²) >= 11 is 0. The number of hydrogen-bond acceptors (Lipinski definition) is 3. The monoisotopic (exact) mass is 390 g/mol. The minimum Gasteiger partial charge on any atom is -0.353 e. The van der Waals surface area contributed by atoms with Gasteiger partial charge in [0.05, 0.1) is 5.69 Å². The molecule has 0 radical (unpaired) electrons. The molecule has 5 nitrogen and oxygen atoms in total. The summed E-state index contributed by atoms with van der Waals surface area (Å²) in [4.78, 5) is 17.3. The highest BCUT2D eigenvalue weighted by molar-refractivity contribution is 5.76. The van der Waals surface area contributed by atoms with E-state index in [1.54, 1.807) is 0 Å². The van der Waals surface area contributed by atoms with Crippen LogP contribution >= 0.6 is 0 Å². The van der Waals surface area contributed by atoms with Crippen LogP contribution in [0.4, 0.5) is 0 Å². The number of amides is 1. The van der Waals surface area contributed by atoms with Gasteiger partial charge in [-0.3, -0.25) is 4.79 Å².